The Hall–Kier alpha value is -1.19. The molecule has 0 aliphatic carbocycles. The van der Waals surface area contributed by atoms with Gasteiger partial charge in [-0.05, 0) is 11.1 Å². The van der Waals surface area contributed by atoms with Crippen molar-refractivity contribution in [3.63, 3.8) is 0 Å². The number of halogens is 6. The van der Waals surface area contributed by atoms with Gasteiger partial charge in [-0.15, -0.1) is 0 Å². The second kappa shape index (κ2) is 21.1. The molecule has 0 N–H and O–H groups in total. The minimum atomic E-state index is 0. The summed E-state index contributed by atoms with van der Waals surface area (Å²) >= 11 is 0. The molecule has 0 aliphatic heterocycles. The second-order valence-corrected chi connectivity index (χ2v) is 3.15. The summed E-state index contributed by atoms with van der Waals surface area (Å²) in [5, 5.41) is 0. The molecule has 0 spiro atoms. The van der Waals surface area contributed by atoms with Crippen LogP contribution >= 0.6 is 0 Å². The number of benzene rings is 2. The molecule has 2 aromatic carbocycles. The predicted octanol–water partition coefficient (Wildman–Crippen LogP) is -14.1. The fourth-order valence-corrected chi connectivity index (χ4v) is 1.32. The largest absolute Gasteiger partial charge is 6.00 e. The van der Waals surface area contributed by atoms with Crippen molar-refractivity contribution in [3.8, 4) is 0 Å². The van der Waals surface area contributed by atoms with E-state index in [1.807, 2.05) is 36.4 Å². The predicted molar refractivity (Wildman–Crippen MR) is 61.8 cm³/mol. The van der Waals surface area contributed by atoms with Crippen LogP contribution in [0.5, 0.6) is 0 Å². The van der Waals surface area contributed by atoms with Gasteiger partial charge in [0.05, 0.1) is 0 Å². The van der Waals surface area contributed by atoms with Crippen LogP contribution in [0.1, 0.15) is 11.1 Å². The zero-order valence-corrected chi connectivity index (χ0v) is 14.9. The van der Waals surface area contributed by atoms with Crippen molar-refractivity contribution in [2.75, 3.05) is 0 Å². The van der Waals surface area contributed by atoms with Gasteiger partial charge in [0.2, 0.25) is 0 Å². The van der Waals surface area contributed by atoms with Crippen molar-refractivity contribution in [2.45, 2.75) is 0 Å². The first kappa shape index (κ1) is 36.8. The van der Waals surface area contributed by atoms with E-state index < -0.39 is 0 Å². The number of rotatable bonds is 2. The van der Waals surface area contributed by atoms with E-state index in [0.717, 1.165) is 0 Å². The molecule has 0 nitrogen and oxygen atoms in total. The van der Waals surface area contributed by atoms with E-state index in [0.29, 0.717) is 0 Å². The van der Waals surface area contributed by atoms with Crippen LogP contribution in [0.4, 0.5) is 0 Å². The molecule has 0 amide bonds. The van der Waals surface area contributed by atoms with Crippen LogP contribution in [0.3, 0.4) is 0 Å². The topological polar surface area (TPSA) is 0 Å². The maximum absolute atomic E-state index is 2.12. The summed E-state index contributed by atoms with van der Waals surface area (Å²) in [6.45, 7) is 0. The first-order chi connectivity index (χ1) is 6.95. The summed E-state index contributed by atoms with van der Waals surface area (Å²) in [6.07, 6.45) is 4.24. The third kappa shape index (κ3) is 13.5. The molecule has 2 rings (SSSR count). The fraction of sp³-hybridized carbons (Fsp3) is 0. The van der Waals surface area contributed by atoms with E-state index in [-0.39, 0.29) is 59.3 Å². The average molecular weight is 532 g/mol. The van der Waals surface area contributed by atoms with Gasteiger partial charge in [0.15, 0.2) is 0 Å². The van der Waals surface area contributed by atoms with Gasteiger partial charge < -0.3 is 28.2 Å². The molecule has 0 unspecified atom stereocenters. The molecule has 0 aromatic heterocycles. The van der Waals surface area contributed by atoms with Gasteiger partial charge in [-0.1, -0.05) is 72.8 Å². The average Bonchev–Trinajstić information content (AvgIpc) is 2.29. The first-order valence-electron chi connectivity index (χ1n) is 4.73. The molecule has 0 saturated heterocycles. The zero-order chi connectivity index (χ0) is 9.64. The van der Waals surface area contributed by atoms with Gasteiger partial charge in [-0.3, -0.25) is 0 Å². The zero-order valence-electron chi connectivity index (χ0n) is 10.7. The van der Waals surface area contributed by atoms with Crippen molar-refractivity contribution in [2.24, 2.45) is 0 Å². The molecule has 0 atom stereocenters. The summed E-state index contributed by atoms with van der Waals surface area (Å²) in [4.78, 5) is 0. The van der Waals surface area contributed by atoms with Crippen molar-refractivity contribution < 1.29 is 59.3 Å². The molecular formula is C14H12F6U. The summed E-state index contributed by atoms with van der Waals surface area (Å²) in [6, 6.07) is 20.6. The van der Waals surface area contributed by atoms with E-state index in [9.17, 15) is 0 Å². The SMILES string of the molecule is C(=Cc1ccccc1)c1ccccc1.[F-].[F-].[F-].[F-].[F-].[F-].[U+6]. The fourth-order valence-electron chi connectivity index (χ4n) is 1.32. The van der Waals surface area contributed by atoms with Crippen molar-refractivity contribution in [3.05, 3.63) is 71.8 Å². The second-order valence-electron chi connectivity index (χ2n) is 3.15. The van der Waals surface area contributed by atoms with E-state index in [1.165, 1.54) is 11.1 Å². The summed E-state index contributed by atoms with van der Waals surface area (Å²) in [7, 11) is 0. The van der Waals surface area contributed by atoms with Gasteiger partial charge in [0.25, 0.3) is 0 Å². The first-order valence-corrected chi connectivity index (χ1v) is 4.73. The third-order valence-corrected chi connectivity index (χ3v) is 2.07. The molecular weight excluding hydrogens is 520 g/mol. The summed E-state index contributed by atoms with van der Waals surface area (Å²) < 4.78 is 0. The normalized spacial score (nSPS) is 7.05. The van der Waals surface area contributed by atoms with Gasteiger partial charge in [0.1, 0.15) is 0 Å². The van der Waals surface area contributed by atoms with Gasteiger partial charge in [-0.25, -0.2) is 0 Å². The Balaban J connectivity index is -0.0000000804. The quantitative estimate of drug-likeness (QED) is 0.267. The Morgan fingerprint density at radius 1 is 0.429 bits per heavy atom. The van der Waals surface area contributed by atoms with Crippen LogP contribution in [-0.2, 0) is 0 Å². The van der Waals surface area contributed by atoms with Crippen molar-refractivity contribution in [1.29, 1.82) is 0 Å². The number of hydrogen-bond acceptors (Lipinski definition) is 0. The van der Waals surface area contributed by atoms with Crippen LogP contribution in [0, 0.1) is 31.1 Å². The van der Waals surface area contributed by atoms with E-state index in [4.69, 9.17) is 0 Å². The van der Waals surface area contributed by atoms with E-state index >= 15 is 0 Å². The molecule has 7 heteroatoms. The Morgan fingerprint density at radius 2 is 0.667 bits per heavy atom. The standard InChI is InChI=1S/C14H12.6FH.U/c1-3-7-13(8-4-1)11-12-14-9-5-2-6-10-14;;;;;;;/h1-12H;6*1H;/q;;;;;;;+6/p-6. The van der Waals surface area contributed by atoms with Crippen LogP contribution in [0.15, 0.2) is 60.7 Å². The smallest absolute Gasteiger partial charge is 1.00 e. The van der Waals surface area contributed by atoms with Crippen LogP contribution in [-0.4, -0.2) is 0 Å². The third-order valence-electron chi connectivity index (χ3n) is 2.07. The molecule has 0 bridgehead atoms. The summed E-state index contributed by atoms with van der Waals surface area (Å²) in [5.41, 5.74) is 2.47. The van der Waals surface area contributed by atoms with Gasteiger partial charge in [-0.2, -0.15) is 0 Å². The molecule has 21 heavy (non-hydrogen) atoms. The molecule has 0 fully saturated rings. The van der Waals surface area contributed by atoms with Crippen molar-refractivity contribution in [1.82, 2.24) is 0 Å². The number of hydrogen-bond donors (Lipinski definition) is 0. The Morgan fingerprint density at radius 3 is 0.905 bits per heavy atom. The molecule has 0 radical (unpaired) electrons. The Labute approximate surface area is 143 Å². The van der Waals surface area contributed by atoms with Gasteiger partial charge in [0, 0.05) is 0 Å². The monoisotopic (exact) mass is 532 g/mol. The molecule has 114 valence electrons. The van der Waals surface area contributed by atoms with Crippen molar-refractivity contribution >= 4 is 12.2 Å². The molecule has 0 heterocycles. The molecule has 0 saturated carbocycles. The van der Waals surface area contributed by atoms with E-state index in [1.54, 1.807) is 0 Å². The van der Waals surface area contributed by atoms with Crippen LogP contribution < -0.4 is 28.2 Å². The maximum atomic E-state index is 2.12. The van der Waals surface area contributed by atoms with E-state index in [2.05, 4.69) is 36.4 Å². The Kier molecular flexibility index (Phi) is 37.0. The Bertz CT molecular complexity index is 380. The minimum absolute atomic E-state index is 0. The minimum Gasteiger partial charge on any atom is -1.00 e. The van der Waals surface area contributed by atoms with Crippen LogP contribution in [0.25, 0.3) is 12.2 Å². The summed E-state index contributed by atoms with van der Waals surface area (Å²) in [5.74, 6) is 0. The van der Waals surface area contributed by atoms with Crippen LogP contribution in [0.2, 0.25) is 0 Å². The molecule has 2 aromatic rings. The van der Waals surface area contributed by atoms with Gasteiger partial charge >= 0.3 is 31.1 Å². The maximum Gasteiger partial charge on any atom is 6.00 e. The molecule has 0 aliphatic rings.